The SMILES string of the molecule is CCCCc1oc2ccccc2c1/C=C/c1n[nH]c(=O)c(C#N)c1C. The van der Waals surface area contributed by atoms with Gasteiger partial charge in [-0.25, -0.2) is 5.10 Å². The number of H-pyrrole nitrogens is 1. The van der Waals surface area contributed by atoms with Crippen LogP contribution in [0.1, 0.15) is 47.9 Å². The van der Waals surface area contributed by atoms with Crippen molar-refractivity contribution < 1.29 is 4.42 Å². The molecule has 126 valence electrons. The smallest absolute Gasteiger partial charge is 0.282 e. The van der Waals surface area contributed by atoms with E-state index in [0.29, 0.717) is 11.3 Å². The number of benzene rings is 1. The van der Waals surface area contributed by atoms with Gasteiger partial charge in [0.2, 0.25) is 0 Å². The van der Waals surface area contributed by atoms with Gasteiger partial charge in [0.15, 0.2) is 0 Å². The van der Waals surface area contributed by atoms with Crippen molar-refractivity contribution in [1.29, 1.82) is 5.26 Å². The quantitative estimate of drug-likeness (QED) is 0.758. The minimum Gasteiger partial charge on any atom is -0.460 e. The maximum atomic E-state index is 11.6. The summed E-state index contributed by atoms with van der Waals surface area (Å²) in [6.07, 6.45) is 6.78. The van der Waals surface area contributed by atoms with Crippen LogP contribution in [0.5, 0.6) is 0 Å². The molecule has 0 atom stereocenters. The van der Waals surface area contributed by atoms with Crippen LogP contribution in [0, 0.1) is 18.3 Å². The molecular formula is C20H19N3O2. The van der Waals surface area contributed by atoms with Crippen molar-refractivity contribution in [3.63, 3.8) is 0 Å². The fraction of sp³-hybridized carbons (Fsp3) is 0.250. The van der Waals surface area contributed by atoms with Gasteiger partial charge in [0, 0.05) is 17.4 Å². The lowest BCUT2D eigenvalue weighted by molar-refractivity contribution is 0.535. The zero-order valence-electron chi connectivity index (χ0n) is 14.3. The highest BCUT2D eigenvalue weighted by Gasteiger charge is 2.12. The Labute approximate surface area is 145 Å². The van der Waals surface area contributed by atoms with E-state index in [1.807, 2.05) is 42.5 Å². The van der Waals surface area contributed by atoms with Gasteiger partial charge in [0.1, 0.15) is 23.0 Å². The molecule has 5 nitrogen and oxygen atoms in total. The molecule has 3 aromatic rings. The maximum Gasteiger partial charge on any atom is 0.282 e. The average molecular weight is 333 g/mol. The van der Waals surface area contributed by atoms with Crippen molar-refractivity contribution in [3.05, 3.63) is 62.8 Å². The molecule has 0 spiro atoms. The summed E-state index contributed by atoms with van der Waals surface area (Å²) in [6, 6.07) is 9.85. The number of hydrogen-bond donors (Lipinski definition) is 1. The molecule has 1 aromatic carbocycles. The third kappa shape index (κ3) is 3.24. The lowest BCUT2D eigenvalue weighted by Gasteiger charge is -2.01. The highest BCUT2D eigenvalue weighted by Crippen LogP contribution is 2.29. The van der Waals surface area contributed by atoms with E-state index in [-0.39, 0.29) is 5.56 Å². The topological polar surface area (TPSA) is 82.7 Å². The van der Waals surface area contributed by atoms with E-state index in [1.54, 1.807) is 6.92 Å². The molecule has 0 radical (unpaired) electrons. The number of nitriles is 1. The predicted octanol–water partition coefficient (Wildman–Crippen LogP) is 4.21. The molecule has 0 unspecified atom stereocenters. The van der Waals surface area contributed by atoms with Gasteiger partial charge in [-0.2, -0.15) is 10.4 Å². The molecule has 5 heteroatoms. The van der Waals surface area contributed by atoms with Gasteiger partial charge in [-0.15, -0.1) is 0 Å². The van der Waals surface area contributed by atoms with Crippen molar-refractivity contribution in [2.75, 3.05) is 0 Å². The predicted molar refractivity (Wildman–Crippen MR) is 98.1 cm³/mol. The highest BCUT2D eigenvalue weighted by molar-refractivity contribution is 5.91. The Hall–Kier alpha value is -3.13. The summed E-state index contributed by atoms with van der Waals surface area (Å²) in [5.74, 6) is 0.946. The molecule has 25 heavy (non-hydrogen) atoms. The van der Waals surface area contributed by atoms with Crippen LogP contribution in [0.3, 0.4) is 0 Å². The van der Waals surface area contributed by atoms with Gasteiger partial charge >= 0.3 is 0 Å². The first-order chi connectivity index (χ1) is 12.2. The fourth-order valence-corrected chi connectivity index (χ4v) is 2.83. The first kappa shape index (κ1) is 16.7. The molecule has 0 saturated carbocycles. The summed E-state index contributed by atoms with van der Waals surface area (Å²) in [5, 5.41) is 16.6. The normalized spacial score (nSPS) is 11.2. The van der Waals surface area contributed by atoms with Crippen molar-refractivity contribution in [3.8, 4) is 6.07 Å². The second-order valence-electron chi connectivity index (χ2n) is 5.92. The Morgan fingerprint density at radius 3 is 2.88 bits per heavy atom. The summed E-state index contributed by atoms with van der Waals surface area (Å²) >= 11 is 0. The molecular weight excluding hydrogens is 314 g/mol. The second-order valence-corrected chi connectivity index (χ2v) is 5.92. The largest absolute Gasteiger partial charge is 0.460 e. The van der Waals surface area contributed by atoms with Crippen LogP contribution in [0.4, 0.5) is 0 Å². The number of aromatic nitrogens is 2. The molecule has 0 bridgehead atoms. The third-order valence-corrected chi connectivity index (χ3v) is 4.25. The van der Waals surface area contributed by atoms with E-state index in [4.69, 9.17) is 9.68 Å². The number of nitrogens with zero attached hydrogens (tertiary/aromatic N) is 2. The Morgan fingerprint density at radius 2 is 2.12 bits per heavy atom. The molecule has 2 heterocycles. The molecule has 0 saturated heterocycles. The van der Waals surface area contributed by atoms with Crippen molar-refractivity contribution in [1.82, 2.24) is 10.2 Å². The van der Waals surface area contributed by atoms with Gasteiger partial charge in [0.25, 0.3) is 5.56 Å². The number of hydrogen-bond acceptors (Lipinski definition) is 4. The standard InChI is InChI=1S/C20H19N3O2/c1-3-4-8-18-15(14-7-5-6-9-19(14)25-18)10-11-17-13(2)16(12-21)20(24)23-22-17/h5-7,9-11H,3-4,8H2,1-2H3,(H,23,24)/b11-10+. The molecule has 0 fully saturated rings. The van der Waals surface area contributed by atoms with Crippen molar-refractivity contribution in [2.24, 2.45) is 0 Å². The molecule has 2 aromatic heterocycles. The average Bonchev–Trinajstić information content (AvgIpc) is 2.97. The number of aryl methyl sites for hydroxylation is 1. The molecule has 0 aliphatic rings. The second kappa shape index (κ2) is 7.18. The minimum atomic E-state index is -0.463. The number of rotatable bonds is 5. The fourth-order valence-electron chi connectivity index (χ4n) is 2.83. The minimum absolute atomic E-state index is 0.0953. The Kier molecular flexibility index (Phi) is 4.80. The number of aromatic amines is 1. The van der Waals surface area contributed by atoms with Gasteiger partial charge in [0.05, 0.1) is 5.69 Å². The Balaban J connectivity index is 2.07. The monoisotopic (exact) mass is 333 g/mol. The maximum absolute atomic E-state index is 11.6. The number of unbranched alkanes of at least 4 members (excludes halogenated alkanes) is 1. The van der Waals surface area contributed by atoms with E-state index in [9.17, 15) is 4.79 Å². The summed E-state index contributed by atoms with van der Waals surface area (Å²) in [7, 11) is 0. The molecule has 3 rings (SSSR count). The van der Waals surface area contributed by atoms with Crippen molar-refractivity contribution in [2.45, 2.75) is 33.1 Å². The number of fused-ring (bicyclic) bond motifs is 1. The van der Waals surface area contributed by atoms with Crippen LogP contribution in [0.15, 0.2) is 33.5 Å². The number of para-hydroxylation sites is 1. The van der Waals surface area contributed by atoms with Gasteiger partial charge in [-0.05, 0) is 37.1 Å². The summed E-state index contributed by atoms with van der Waals surface area (Å²) in [6.45, 7) is 3.88. The van der Waals surface area contributed by atoms with Crippen LogP contribution < -0.4 is 5.56 Å². The summed E-state index contributed by atoms with van der Waals surface area (Å²) < 4.78 is 6.00. The lowest BCUT2D eigenvalue weighted by atomic mass is 10.0. The molecule has 1 N–H and O–H groups in total. The number of furan rings is 1. The van der Waals surface area contributed by atoms with Crippen molar-refractivity contribution >= 4 is 23.1 Å². The van der Waals surface area contributed by atoms with E-state index in [0.717, 1.165) is 41.6 Å². The van der Waals surface area contributed by atoms with E-state index in [1.165, 1.54) is 0 Å². The van der Waals surface area contributed by atoms with E-state index in [2.05, 4.69) is 17.1 Å². The highest BCUT2D eigenvalue weighted by atomic mass is 16.3. The first-order valence-corrected chi connectivity index (χ1v) is 8.33. The van der Waals surface area contributed by atoms with Crippen LogP contribution in [0.25, 0.3) is 23.1 Å². The van der Waals surface area contributed by atoms with Gasteiger partial charge in [-0.3, -0.25) is 4.79 Å². The third-order valence-electron chi connectivity index (χ3n) is 4.25. The van der Waals surface area contributed by atoms with Crippen LogP contribution >= 0.6 is 0 Å². The summed E-state index contributed by atoms with van der Waals surface area (Å²) in [5.41, 5.74) is 2.66. The van der Waals surface area contributed by atoms with E-state index < -0.39 is 5.56 Å². The summed E-state index contributed by atoms with van der Waals surface area (Å²) in [4.78, 5) is 11.6. The molecule has 0 amide bonds. The Bertz CT molecular complexity index is 1040. The Morgan fingerprint density at radius 1 is 1.32 bits per heavy atom. The molecule has 0 aliphatic carbocycles. The first-order valence-electron chi connectivity index (χ1n) is 8.33. The van der Waals surface area contributed by atoms with Gasteiger partial charge < -0.3 is 4.42 Å². The zero-order chi connectivity index (χ0) is 17.8. The molecule has 0 aliphatic heterocycles. The van der Waals surface area contributed by atoms with Crippen LogP contribution in [-0.2, 0) is 6.42 Å². The van der Waals surface area contributed by atoms with Crippen LogP contribution in [-0.4, -0.2) is 10.2 Å². The zero-order valence-corrected chi connectivity index (χ0v) is 14.3. The van der Waals surface area contributed by atoms with Gasteiger partial charge in [-0.1, -0.05) is 31.5 Å². The van der Waals surface area contributed by atoms with E-state index >= 15 is 0 Å². The number of nitrogens with one attached hydrogen (secondary N) is 1. The van der Waals surface area contributed by atoms with Crippen LogP contribution in [0.2, 0.25) is 0 Å². The lowest BCUT2D eigenvalue weighted by Crippen LogP contribution is -2.15.